The average molecular weight is 340 g/mol. The molecular weight excluding hydrogens is 320 g/mol. The van der Waals surface area contributed by atoms with Gasteiger partial charge in [0.2, 0.25) is 0 Å². The van der Waals surface area contributed by atoms with Crippen LogP contribution in [0.1, 0.15) is 16.8 Å². The first-order valence-corrected chi connectivity index (χ1v) is 8.02. The van der Waals surface area contributed by atoms with Crippen molar-refractivity contribution in [2.75, 3.05) is 25.5 Å². The van der Waals surface area contributed by atoms with Crippen molar-refractivity contribution in [1.29, 1.82) is 0 Å². The zero-order valence-electron chi connectivity index (χ0n) is 14.2. The van der Waals surface area contributed by atoms with Gasteiger partial charge >= 0.3 is 5.69 Å². The Morgan fingerprint density at radius 2 is 2.08 bits per heavy atom. The van der Waals surface area contributed by atoms with Gasteiger partial charge in [-0.1, -0.05) is 6.07 Å². The number of hydrogen-bond acceptors (Lipinski definition) is 5. The molecule has 3 heterocycles. The largest absolute Gasteiger partial charge is 0.363 e. The van der Waals surface area contributed by atoms with Gasteiger partial charge in [-0.3, -0.25) is 9.20 Å². The summed E-state index contributed by atoms with van der Waals surface area (Å²) in [6.45, 7) is 0.896. The number of hydrogen-bond donors (Lipinski definition) is 1. The van der Waals surface area contributed by atoms with E-state index in [1.807, 2.05) is 25.1 Å². The second-order valence-electron chi connectivity index (χ2n) is 5.84. The molecule has 0 aliphatic rings. The Hall–Kier alpha value is -3.16. The lowest BCUT2D eigenvalue weighted by Gasteiger charge is -2.11. The van der Waals surface area contributed by atoms with Gasteiger partial charge in [-0.2, -0.15) is 0 Å². The number of nitrogens with one attached hydrogen (secondary N) is 1. The van der Waals surface area contributed by atoms with E-state index in [0.717, 1.165) is 5.82 Å². The molecule has 0 aromatic carbocycles. The van der Waals surface area contributed by atoms with E-state index in [1.165, 1.54) is 9.08 Å². The summed E-state index contributed by atoms with van der Waals surface area (Å²) in [5, 5.41) is 7.08. The number of aryl methyl sites for hydroxylation is 1. The molecule has 0 saturated carbocycles. The predicted molar refractivity (Wildman–Crippen MR) is 95.0 cm³/mol. The highest BCUT2D eigenvalue weighted by Crippen LogP contribution is 2.07. The maximum absolute atomic E-state index is 12.1. The maximum Gasteiger partial charge on any atom is 0.350 e. The second kappa shape index (κ2) is 7.16. The molecule has 3 aromatic heterocycles. The van der Waals surface area contributed by atoms with Gasteiger partial charge in [0.25, 0.3) is 5.91 Å². The van der Waals surface area contributed by atoms with Crippen LogP contribution in [0.3, 0.4) is 0 Å². The molecule has 1 N–H and O–H groups in total. The van der Waals surface area contributed by atoms with E-state index in [0.29, 0.717) is 30.7 Å². The molecule has 8 nitrogen and oxygen atoms in total. The Balaban J connectivity index is 1.53. The van der Waals surface area contributed by atoms with Gasteiger partial charge in [0.1, 0.15) is 5.82 Å². The van der Waals surface area contributed by atoms with E-state index in [-0.39, 0.29) is 11.6 Å². The highest BCUT2D eigenvalue weighted by molar-refractivity contribution is 5.94. The Bertz CT molecular complexity index is 926. The zero-order valence-corrected chi connectivity index (χ0v) is 14.2. The minimum absolute atomic E-state index is 0.176. The van der Waals surface area contributed by atoms with Crippen LogP contribution in [0.2, 0.25) is 0 Å². The lowest BCUT2D eigenvalue weighted by Crippen LogP contribution is -2.27. The highest BCUT2D eigenvalue weighted by Gasteiger charge is 2.08. The SMILES string of the molecule is CN(C)c1ccc(C(=O)NCCCn2nc3ccccn3c2=O)cn1. The summed E-state index contributed by atoms with van der Waals surface area (Å²) in [5.74, 6) is 0.614. The summed E-state index contributed by atoms with van der Waals surface area (Å²) in [6.07, 6.45) is 3.85. The van der Waals surface area contributed by atoms with Crippen LogP contribution in [0.15, 0.2) is 47.5 Å². The van der Waals surface area contributed by atoms with Crippen molar-refractivity contribution in [2.24, 2.45) is 0 Å². The summed E-state index contributed by atoms with van der Waals surface area (Å²) < 4.78 is 2.91. The number of rotatable bonds is 6. The normalized spacial score (nSPS) is 10.8. The maximum atomic E-state index is 12.1. The molecule has 25 heavy (non-hydrogen) atoms. The van der Waals surface area contributed by atoms with Crippen LogP contribution in [0, 0.1) is 0 Å². The monoisotopic (exact) mass is 340 g/mol. The van der Waals surface area contributed by atoms with Crippen LogP contribution in [-0.4, -0.2) is 45.7 Å². The number of carbonyl (C=O) groups is 1. The van der Waals surface area contributed by atoms with Gasteiger partial charge in [0.15, 0.2) is 5.65 Å². The van der Waals surface area contributed by atoms with Crippen LogP contribution >= 0.6 is 0 Å². The zero-order chi connectivity index (χ0) is 17.8. The van der Waals surface area contributed by atoms with Crippen molar-refractivity contribution >= 4 is 17.4 Å². The molecule has 130 valence electrons. The highest BCUT2D eigenvalue weighted by atomic mass is 16.2. The summed E-state index contributed by atoms with van der Waals surface area (Å²) in [5.41, 5.74) is 0.949. The molecule has 3 rings (SSSR count). The number of anilines is 1. The third kappa shape index (κ3) is 3.68. The predicted octanol–water partition coefficient (Wildman–Crippen LogP) is 0.777. The molecule has 0 saturated heterocycles. The van der Waals surface area contributed by atoms with Gasteiger partial charge in [0.05, 0.1) is 5.56 Å². The molecule has 3 aromatic rings. The fourth-order valence-corrected chi connectivity index (χ4v) is 2.43. The van der Waals surface area contributed by atoms with Gasteiger partial charge in [-0.05, 0) is 30.7 Å². The van der Waals surface area contributed by atoms with Crippen LogP contribution in [-0.2, 0) is 6.54 Å². The topological polar surface area (TPSA) is 84.5 Å². The summed E-state index contributed by atoms with van der Waals surface area (Å²) in [4.78, 5) is 30.3. The number of aromatic nitrogens is 4. The first-order chi connectivity index (χ1) is 12.1. The molecule has 0 unspecified atom stereocenters. The number of amides is 1. The van der Waals surface area contributed by atoms with Crippen LogP contribution < -0.4 is 15.9 Å². The van der Waals surface area contributed by atoms with Crippen molar-refractivity contribution in [3.8, 4) is 0 Å². The quantitative estimate of drug-likeness (QED) is 0.670. The Morgan fingerprint density at radius 1 is 1.24 bits per heavy atom. The van der Waals surface area contributed by atoms with Gasteiger partial charge < -0.3 is 10.2 Å². The minimum atomic E-state index is -0.180. The third-order valence-corrected chi connectivity index (χ3v) is 3.79. The molecule has 0 fully saturated rings. The Morgan fingerprint density at radius 3 is 2.76 bits per heavy atom. The van der Waals surface area contributed by atoms with E-state index in [4.69, 9.17) is 0 Å². The molecule has 0 aliphatic carbocycles. The van der Waals surface area contributed by atoms with E-state index >= 15 is 0 Å². The number of fused-ring (bicyclic) bond motifs is 1. The summed E-state index contributed by atoms with van der Waals surface area (Å²) in [7, 11) is 3.78. The average Bonchev–Trinajstić information content (AvgIpc) is 2.95. The molecule has 0 bridgehead atoms. The Kier molecular flexibility index (Phi) is 4.78. The van der Waals surface area contributed by atoms with Crippen LogP contribution in [0.4, 0.5) is 5.82 Å². The van der Waals surface area contributed by atoms with Crippen LogP contribution in [0.25, 0.3) is 5.65 Å². The smallest absolute Gasteiger partial charge is 0.350 e. The Labute approximate surface area is 144 Å². The van der Waals surface area contributed by atoms with Crippen molar-refractivity contribution in [3.05, 3.63) is 58.8 Å². The fourth-order valence-electron chi connectivity index (χ4n) is 2.43. The molecule has 0 aliphatic heterocycles. The van der Waals surface area contributed by atoms with Crippen molar-refractivity contribution in [2.45, 2.75) is 13.0 Å². The molecule has 1 amide bonds. The van der Waals surface area contributed by atoms with Gasteiger partial charge in [-0.25, -0.2) is 14.5 Å². The second-order valence-corrected chi connectivity index (χ2v) is 5.84. The first-order valence-electron chi connectivity index (χ1n) is 8.02. The van der Waals surface area contributed by atoms with Crippen molar-refractivity contribution in [3.63, 3.8) is 0 Å². The molecule has 0 spiro atoms. The van der Waals surface area contributed by atoms with E-state index in [2.05, 4.69) is 15.4 Å². The van der Waals surface area contributed by atoms with Crippen molar-refractivity contribution < 1.29 is 4.79 Å². The van der Waals surface area contributed by atoms with Gasteiger partial charge in [-0.15, -0.1) is 5.10 Å². The molecule has 0 radical (unpaired) electrons. The summed E-state index contributed by atoms with van der Waals surface area (Å²) >= 11 is 0. The summed E-state index contributed by atoms with van der Waals surface area (Å²) in [6, 6.07) is 8.94. The standard InChI is InChI=1S/C17H20N6O2/c1-21(2)14-8-7-13(12-19-14)16(24)18-9-5-11-23-17(25)22-10-4-3-6-15(22)20-23/h3-4,6-8,10,12H,5,9,11H2,1-2H3,(H,18,24). The molecular formula is C17H20N6O2. The molecule has 8 heteroatoms. The number of carbonyl (C=O) groups excluding carboxylic acids is 1. The van der Waals surface area contributed by atoms with E-state index < -0.39 is 0 Å². The lowest BCUT2D eigenvalue weighted by molar-refractivity contribution is 0.0952. The first kappa shape index (κ1) is 16.7. The third-order valence-electron chi connectivity index (χ3n) is 3.79. The van der Waals surface area contributed by atoms with E-state index in [1.54, 1.807) is 36.7 Å². The van der Waals surface area contributed by atoms with Crippen molar-refractivity contribution in [1.82, 2.24) is 24.5 Å². The van der Waals surface area contributed by atoms with Gasteiger partial charge in [0, 0.05) is 39.6 Å². The number of pyridine rings is 2. The minimum Gasteiger partial charge on any atom is -0.363 e. The van der Waals surface area contributed by atoms with Crippen LogP contribution in [0.5, 0.6) is 0 Å². The molecule has 0 atom stereocenters. The number of nitrogens with zero attached hydrogens (tertiary/aromatic N) is 5. The fraction of sp³-hybridized carbons (Fsp3) is 0.294. The lowest BCUT2D eigenvalue weighted by atomic mass is 10.2. The van der Waals surface area contributed by atoms with E-state index in [9.17, 15) is 9.59 Å².